The fraction of sp³-hybridized carbons (Fsp3) is 0.414. The van der Waals surface area contributed by atoms with Crippen molar-refractivity contribution in [1.29, 1.82) is 0 Å². The van der Waals surface area contributed by atoms with Gasteiger partial charge in [0.2, 0.25) is 17.6 Å². The van der Waals surface area contributed by atoms with Gasteiger partial charge in [0.05, 0.1) is 6.04 Å². The molecule has 5 N–H and O–H groups in total. The molecule has 4 amide bonds. The molecule has 4 atom stereocenters. The number of ether oxygens (including phenoxy) is 1. The predicted molar refractivity (Wildman–Crippen MR) is 144 cm³/mol. The summed E-state index contributed by atoms with van der Waals surface area (Å²) in [6.45, 7) is 4.21. The van der Waals surface area contributed by atoms with Crippen LogP contribution in [-0.4, -0.2) is 48.2 Å². The van der Waals surface area contributed by atoms with E-state index in [-0.39, 0.29) is 24.7 Å². The van der Waals surface area contributed by atoms with Gasteiger partial charge in [-0.05, 0) is 36.3 Å². The highest BCUT2D eigenvalue weighted by molar-refractivity contribution is 6.37. The van der Waals surface area contributed by atoms with Gasteiger partial charge in [0.25, 0.3) is 5.91 Å². The number of carbonyl (C=O) groups excluding carboxylic acids is 5. The SMILES string of the molecule is CC(C)CC(NC(=O)OC(Cc1ccccc1)c1ccccc1)C(=O)NC(CC1CCNC1=O)C(=O)C(N)=O. The van der Waals surface area contributed by atoms with Gasteiger partial charge < -0.3 is 26.4 Å². The standard InChI is InChI=1S/C29H36N4O6/c1-18(2)15-23(28(37)32-22(25(34)26(30)35)17-21-13-14-31-27(21)36)33-29(38)39-24(20-11-7-4-8-12-20)16-19-9-5-3-6-10-19/h3-12,18,21-24H,13-17H2,1-2H3,(H2,30,35)(H,31,36)(H,32,37)(H,33,38). The Morgan fingerprint density at radius 3 is 2.18 bits per heavy atom. The van der Waals surface area contributed by atoms with Crippen molar-refractivity contribution in [1.82, 2.24) is 16.0 Å². The van der Waals surface area contributed by atoms with Gasteiger partial charge in [-0.15, -0.1) is 0 Å². The van der Waals surface area contributed by atoms with Crippen molar-refractivity contribution in [3.05, 3.63) is 71.8 Å². The van der Waals surface area contributed by atoms with Crippen molar-refractivity contribution in [2.45, 2.75) is 57.7 Å². The Kier molecular flexibility index (Phi) is 10.6. The maximum atomic E-state index is 13.3. The van der Waals surface area contributed by atoms with Gasteiger partial charge in [-0.25, -0.2) is 4.79 Å². The summed E-state index contributed by atoms with van der Waals surface area (Å²) in [5, 5.41) is 7.84. The van der Waals surface area contributed by atoms with E-state index in [0.717, 1.165) is 11.1 Å². The van der Waals surface area contributed by atoms with Gasteiger partial charge in [-0.2, -0.15) is 0 Å². The number of alkyl carbamates (subject to hydrolysis) is 1. The first-order valence-corrected chi connectivity index (χ1v) is 13.1. The highest BCUT2D eigenvalue weighted by Gasteiger charge is 2.35. The van der Waals surface area contributed by atoms with E-state index >= 15 is 0 Å². The Balaban J connectivity index is 1.73. The number of Topliss-reactive ketones (excluding diaryl/α,β-unsaturated/α-hetero) is 1. The summed E-state index contributed by atoms with van der Waals surface area (Å²) < 4.78 is 5.79. The second-order valence-corrected chi connectivity index (χ2v) is 10.1. The maximum Gasteiger partial charge on any atom is 0.408 e. The van der Waals surface area contributed by atoms with Crippen LogP contribution in [0.4, 0.5) is 4.79 Å². The minimum Gasteiger partial charge on any atom is -0.441 e. The lowest BCUT2D eigenvalue weighted by atomic mass is 9.94. The Labute approximate surface area is 228 Å². The van der Waals surface area contributed by atoms with Crippen LogP contribution in [0.3, 0.4) is 0 Å². The summed E-state index contributed by atoms with van der Waals surface area (Å²) in [4.78, 5) is 62.5. The summed E-state index contributed by atoms with van der Waals surface area (Å²) in [6, 6.07) is 16.5. The number of carbonyl (C=O) groups is 5. The van der Waals surface area contributed by atoms with Crippen LogP contribution < -0.4 is 21.7 Å². The van der Waals surface area contributed by atoms with Crippen molar-refractivity contribution in [2.24, 2.45) is 17.6 Å². The highest BCUT2D eigenvalue weighted by atomic mass is 16.6. The van der Waals surface area contributed by atoms with E-state index in [0.29, 0.717) is 19.4 Å². The molecule has 0 spiro atoms. The van der Waals surface area contributed by atoms with Crippen LogP contribution in [-0.2, 0) is 30.3 Å². The third kappa shape index (κ3) is 8.94. The number of benzene rings is 2. The van der Waals surface area contributed by atoms with Gasteiger partial charge in [-0.3, -0.25) is 19.2 Å². The molecule has 0 aliphatic carbocycles. The van der Waals surface area contributed by atoms with E-state index in [4.69, 9.17) is 10.5 Å². The smallest absolute Gasteiger partial charge is 0.408 e. The van der Waals surface area contributed by atoms with Crippen LogP contribution in [0.2, 0.25) is 0 Å². The van der Waals surface area contributed by atoms with E-state index in [2.05, 4.69) is 16.0 Å². The zero-order valence-electron chi connectivity index (χ0n) is 22.2. The lowest BCUT2D eigenvalue weighted by molar-refractivity contribution is -0.139. The molecular weight excluding hydrogens is 500 g/mol. The van der Waals surface area contributed by atoms with Crippen molar-refractivity contribution in [3.63, 3.8) is 0 Å². The van der Waals surface area contributed by atoms with Crippen molar-refractivity contribution in [2.75, 3.05) is 6.54 Å². The fourth-order valence-electron chi connectivity index (χ4n) is 4.56. The minimum atomic E-state index is -1.29. The lowest BCUT2D eigenvalue weighted by Crippen LogP contribution is -2.54. The number of hydrogen-bond acceptors (Lipinski definition) is 6. The van der Waals surface area contributed by atoms with Crippen LogP contribution in [0.15, 0.2) is 60.7 Å². The first-order valence-electron chi connectivity index (χ1n) is 13.1. The van der Waals surface area contributed by atoms with E-state index in [9.17, 15) is 24.0 Å². The number of nitrogens with one attached hydrogen (secondary N) is 3. The number of rotatable bonds is 13. The van der Waals surface area contributed by atoms with Crippen LogP contribution in [0, 0.1) is 11.8 Å². The first kappa shape index (κ1) is 29.3. The average molecular weight is 537 g/mol. The largest absolute Gasteiger partial charge is 0.441 e. The van der Waals surface area contributed by atoms with Gasteiger partial charge in [-0.1, -0.05) is 74.5 Å². The van der Waals surface area contributed by atoms with Crippen LogP contribution in [0.5, 0.6) is 0 Å². The third-order valence-electron chi connectivity index (χ3n) is 6.56. The normalized spacial score (nSPS) is 17.0. The molecule has 1 aliphatic rings. The zero-order chi connectivity index (χ0) is 28.4. The summed E-state index contributed by atoms with van der Waals surface area (Å²) in [6.07, 6.45) is -0.324. The summed E-state index contributed by atoms with van der Waals surface area (Å²) in [5.41, 5.74) is 6.97. The molecule has 0 bridgehead atoms. The first-order chi connectivity index (χ1) is 18.6. The number of primary amides is 1. The maximum absolute atomic E-state index is 13.3. The second-order valence-electron chi connectivity index (χ2n) is 10.1. The fourth-order valence-corrected chi connectivity index (χ4v) is 4.56. The van der Waals surface area contributed by atoms with E-state index in [1.54, 1.807) is 0 Å². The Morgan fingerprint density at radius 1 is 0.974 bits per heavy atom. The molecule has 10 heteroatoms. The molecule has 1 heterocycles. The summed E-state index contributed by atoms with van der Waals surface area (Å²) in [5.74, 6) is -3.67. The highest BCUT2D eigenvalue weighted by Crippen LogP contribution is 2.23. The van der Waals surface area contributed by atoms with E-state index < -0.39 is 47.8 Å². The average Bonchev–Trinajstić information content (AvgIpc) is 3.31. The second kappa shape index (κ2) is 14.1. The lowest BCUT2D eigenvalue weighted by Gasteiger charge is -2.25. The predicted octanol–water partition coefficient (Wildman–Crippen LogP) is 2.18. The van der Waals surface area contributed by atoms with Crippen molar-refractivity contribution < 1.29 is 28.7 Å². The molecule has 0 aromatic heterocycles. The van der Waals surface area contributed by atoms with Crippen molar-refractivity contribution >= 4 is 29.6 Å². The molecule has 1 aliphatic heterocycles. The third-order valence-corrected chi connectivity index (χ3v) is 6.56. The van der Waals surface area contributed by atoms with E-state index in [1.807, 2.05) is 74.5 Å². The number of ketones is 1. The Bertz CT molecular complexity index is 1150. The van der Waals surface area contributed by atoms with Crippen LogP contribution >= 0.6 is 0 Å². The van der Waals surface area contributed by atoms with Gasteiger partial charge in [0.15, 0.2) is 0 Å². The van der Waals surface area contributed by atoms with Gasteiger partial charge in [0, 0.05) is 18.9 Å². The zero-order valence-corrected chi connectivity index (χ0v) is 22.2. The minimum absolute atomic E-state index is 0.00110. The summed E-state index contributed by atoms with van der Waals surface area (Å²) in [7, 11) is 0. The van der Waals surface area contributed by atoms with E-state index in [1.165, 1.54) is 0 Å². The topological polar surface area (TPSA) is 157 Å². The molecule has 10 nitrogen and oxygen atoms in total. The quantitative estimate of drug-likeness (QED) is 0.288. The summed E-state index contributed by atoms with van der Waals surface area (Å²) >= 11 is 0. The molecule has 1 saturated heterocycles. The van der Waals surface area contributed by atoms with Gasteiger partial charge in [0.1, 0.15) is 12.1 Å². The molecular formula is C29H36N4O6. The molecule has 1 fully saturated rings. The molecule has 208 valence electrons. The number of nitrogens with two attached hydrogens (primary N) is 1. The Hall–Kier alpha value is -4.21. The molecule has 0 radical (unpaired) electrons. The van der Waals surface area contributed by atoms with Crippen LogP contribution in [0.25, 0.3) is 0 Å². The number of amides is 4. The Morgan fingerprint density at radius 2 is 1.62 bits per heavy atom. The monoisotopic (exact) mass is 536 g/mol. The molecule has 3 rings (SSSR count). The van der Waals surface area contributed by atoms with Crippen LogP contribution in [0.1, 0.15) is 50.3 Å². The molecule has 2 aromatic rings. The molecule has 4 unspecified atom stereocenters. The van der Waals surface area contributed by atoms with Crippen molar-refractivity contribution in [3.8, 4) is 0 Å². The molecule has 0 saturated carbocycles. The molecule has 2 aromatic carbocycles. The molecule has 39 heavy (non-hydrogen) atoms. The number of hydrogen-bond donors (Lipinski definition) is 4. The van der Waals surface area contributed by atoms with Gasteiger partial charge >= 0.3 is 6.09 Å².